The van der Waals surface area contributed by atoms with E-state index < -0.39 is 10.8 Å². The van der Waals surface area contributed by atoms with E-state index in [2.05, 4.69) is 4.74 Å². The highest BCUT2D eigenvalue weighted by Gasteiger charge is 2.20. The van der Waals surface area contributed by atoms with Crippen molar-refractivity contribution in [3.63, 3.8) is 0 Å². The molecular formula is C12H14N2O5S. The fourth-order valence-electron chi connectivity index (χ4n) is 1.49. The van der Waals surface area contributed by atoms with E-state index in [0.717, 1.165) is 6.07 Å². The van der Waals surface area contributed by atoms with Gasteiger partial charge in [0.25, 0.3) is 5.69 Å². The molecule has 0 saturated carbocycles. The van der Waals surface area contributed by atoms with Gasteiger partial charge in [0.2, 0.25) is 5.91 Å². The Balaban J connectivity index is 2.97. The van der Waals surface area contributed by atoms with Gasteiger partial charge in [0.15, 0.2) is 0 Å². The van der Waals surface area contributed by atoms with Crippen LogP contribution in [0.25, 0.3) is 0 Å². The van der Waals surface area contributed by atoms with Crippen LogP contribution >= 0.6 is 11.8 Å². The first-order valence-electron chi connectivity index (χ1n) is 5.67. The van der Waals surface area contributed by atoms with E-state index in [1.165, 1.54) is 31.0 Å². The minimum atomic E-state index is -0.729. The quantitative estimate of drug-likeness (QED) is 0.370. The summed E-state index contributed by atoms with van der Waals surface area (Å²) in [6, 6.07) is 4.01. The van der Waals surface area contributed by atoms with Gasteiger partial charge >= 0.3 is 5.97 Å². The van der Waals surface area contributed by atoms with Gasteiger partial charge in [-0.25, -0.2) is 0 Å². The summed E-state index contributed by atoms with van der Waals surface area (Å²) in [6.07, 6.45) is 0.135. The van der Waals surface area contributed by atoms with Gasteiger partial charge in [-0.15, -0.1) is 11.8 Å². The van der Waals surface area contributed by atoms with Gasteiger partial charge in [0.1, 0.15) is 0 Å². The number of amides is 1. The first kappa shape index (κ1) is 16.0. The molecule has 0 saturated heterocycles. The van der Waals surface area contributed by atoms with Gasteiger partial charge in [-0.3, -0.25) is 19.7 Å². The number of nitrogens with two attached hydrogens (primary N) is 1. The second-order valence-corrected chi connectivity index (χ2v) is 5.49. The number of nitro groups is 1. The predicted octanol–water partition coefficient (Wildman–Crippen LogP) is 1.74. The molecule has 0 heterocycles. The van der Waals surface area contributed by atoms with E-state index in [1.54, 1.807) is 6.92 Å². The maximum Gasteiger partial charge on any atom is 0.306 e. The summed E-state index contributed by atoms with van der Waals surface area (Å²) in [5, 5.41) is 10.8. The lowest BCUT2D eigenvalue weighted by Gasteiger charge is -2.10. The standard InChI is InChI=1S/C12H14N2O5S/c1-7(5-11(15)19-2)20-10-4-3-8(12(13)16)6-9(10)14(17)18/h3-4,6-7H,5H2,1-2H3,(H2,13,16). The van der Waals surface area contributed by atoms with Crippen LogP contribution in [0.15, 0.2) is 23.1 Å². The molecule has 108 valence electrons. The summed E-state index contributed by atoms with van der Waals surface area (Å²) in [7, 11) is 1.28. The van der Waals surface area contributed by atoms with Crippen molar-refractivity contribution in [3.8, 4) is 0 Å². The average molecular weight is 298 g/mol. The van der Waals surface area contributed by atoms with E-state index >= 15 is 0 Å². The largest absolute Gasteiger partial charge is 0.469 e. The maximum atomic E-state index is 11.1. The van der Waals surface area contributed by atoms with Crippen molar-refractivity contribution in [1.82, 2.24) is 0 Å². The Bertz CT molecular complexity index is 547. The highest BCUT2D eigenvalue weighted by Crippen LogP contribution is 2.33. The van der Waals surface area contributed by atoms with E-state index in [-0.39, 0.29) is 28.9 Å². The third kappa shape index (κ3) is 4.23. The van der Waals surface area contributed by atoms with E-state index in [4.69, 9.17) is 5.73 Å². The first-order valence-corrected chi connectivity index (χ1v) is 6.54. The van der Waals surface area contributed by atoms with Gasteiger partial charge in [-0.1, -0.05) is 6.92 Å². The normalized spacial score (nSPS) is 11.7. The zero-order valence-corrected chi connectivity index (χ0v) is 11.8. The molecule has 0 fully saturated rings. The van der Waals surface area contributed by atoms with Crippen LogP contribution in [0.2, 0.25) is 0 Å². The number of primary amides is 1. The van der Waals surface area contributed by atoms with Crippen molar-refractivity contribution in [1.29, 1.82) is 0 Å². The SMILES string of the molecule is COC(=O)CC(C)Sc1ccc(C(N)=O)cc1[N+](=O)[O-]. The van der Waals surface area contributed by atoms with Crippen LogP contribution in [0.4, 0.5) is 5.69 Å². The molecule has 1 atom stereocenters. The monoisotopic (exact) mass is 298 g/mol. The number of carbonyl (C=O) groups excluding carboxylic acids is 2. The third-order valence-corrected chi connectivity index (χ3v) is 3.62. The molecule has 1 unspecified atom stereocenters. The molecule has 0 aromatic heterocycles. The number of nitro benzene ring substituents is 1. The van der Waals surface area contributed by atoms with Crippen LogP contribution < -0.4 is 5.73 Å². The average Bonchev–Trinajstić information content (AvgIpc) is 2.38. The van der Waals surface area contributed by atoms with Crippen LogP contribution in [-0.2, 0) is 9.53 Å². The van der Waals surface area contributed by atoms with Gasteiger partial charge in [-0.2, -0.15) is 0 Å². The Morgan fingerprint density at radius 3 is 2.65 bits per heavy atom. The molecule has 1 rings (SSSR count). The molecule has 7 nitrogen and oxygen atoms in total. The van der Waals surface area contributed by atoms with Crippen LogP contribution in [-0.4, -0.2) is 29.2 Å². The number of nitrogens with zero attached hydrogens (tertiary/aromatic N) is 1. The van der Waals surface area contributed by atoms with E-state index in [9.17, 15) is 19.7 Å². The van der Waals surface area contributed by atoms with Gasteiger partial charge < -0.3 is 10.5 Å². The Morgan fingerprint density at radius 2 is 2.15 bits per heavy atom. The highest BCUT2D eigenvalue weighted by molar-refractivity contribution is 8.00. The number of thioether (sulfide) groups is 1. The summed E-state index contributed by atoms with van der Waals surface area (Å²) < 4.78 is 4.54. The fourth-order valence-corrected chi connectivity index (χ4v) is 2.54. The highest BCUT2D eigenvalue weighted by atomic mass is 32.2. The Kier molecular flexibility index (Phi) is 5.51. The van der Waals surface area contributed by atoms with Gasteiger partial charge in [0.05, 0.1) is 23.3 Å². The summed E-state index contributed by atoms with van der Waals surface area (Å²) in [5.41, 5.74) is 4.95. The molecule has 0 aliphatic heterocycles. The Labute approximate surface area is 119 Å². The van der Waals surface area contributed by atoms with E-state index in [0.29, 0.717) is 4.90 Å². The lowest BCUT2D eigenvalue weighted by molar-refractivity contribution is -0.387. The number of rotatable bonds is 6. The maximum absolute atomic E-state index is 11.1. The molecule has 1 aromatic rings. The summed E-state index contributed by atoms with van der Waals surface area (Å²) in [5.74, 6) is -1.12. The molecule has 0 aliphatic rings. The Hall–Kier alpha value is -2.09. The summed E-state index contributed by atoms with van der Waals surface area (Å²) in [6.45, 7) is 1.76. The molecule has 1 aromatic carbocycles. The van der Waals surface area contributed by atoms with Gasteiger partial charge in [0, 0.05) is 16.9 Å². The number of hydrogen-bond donors (Lipinski definition) is 1. The molecule has 20 heavy (non-hydrogen) atoms. The fraction of sp³-hybridized carbons (Fsp3) is 0.333. The van der Waals surface area contributed by atoms with Crippen molar-refractivity contribution in [2.75, 3.05) is 7.11 Å². The number of esters is 1. The van der Waals surface area contributed by atoms with Crippen molar-refractivity contribution in [2.45, 2.75) is 23.5 Å². The molecule has 0 aliphatic carbocycles. The zero-order valence-electron chi connectivity index (χ0n) is 11.0. The lowest BCUT2D eigenvalue weighted by atomic mass is 10.2. The number of methoxy groups -OCH3 is 1. The number of hydrogen-bond acceptors (Lipinski definition) is 6. The number of benzene rings is 1. The van der Waals surface area contributed by atoms with Crippen molar-refractivity contribution < 1.29 is 19.2 Å². The molecule has 0 radical (unpaired) electrons. The molecule has 2 N–H and O–H groups in total. The van der Waals surface area contributed by atoms with Crippen molar-refractivity contribution in [2.24, 2.45) is 5.73 Å². The van der Waals surface area contributed by atoms with Crippen LogP contribution in [0.3, 0.4) is 0 Å². The Morgan fingerprint density at radius 1 is 1.50 bits per heavy atom. The van der Waals surface area contributed by atoms with Crippen molar-refractivity contribution >= 4 is 29.3 Å². The topological polar surface area (TPSA) is 113 Å². The molecule has 0 spiro atoms. The molecule has 1 amide bonds. The predicted molar refractivity (Wildman–Crippen MR) is 73.6 cm³/mol. The first-order chi connectivity index (χ1) is 9.35. The van der Waals surface area contributed by atoms with Gasteiger partial charge in [-0.05, 0) is 12.1 Å². The van der Waals surface area contributed by atoms with Crippen LogP contribution in [0.5, 0.6) is 0 Å². The van der Waals surface area contributed by atoms with Crippen LogP contribution in [0.1, 0.15) is 23.7 Å². The summed E-state index contributed by atoms with van der Waals surface area (Å²) >= 11 is 1.17. The number of carbonyl (C=O) groups is 2. The second kappa shape index (κ2) is 6.90. The second-order valence-electron chi connectivity index (χ2n) is 4.01. The third-order valence-electron chi connectivity index (χ3n) is 2.45. The summed E-state index contributed by atoms with van der Waals surface area (Å²) in [4.78, 5) is 33.0. The minimum Gasteiger partial charge on any atom is -0.469 e. The number of ether oxygens (including phenoxy) is 1. The lowest BCUT2D eigenvalue weighted by Crippen LogP contribution is -2.12. The van der Waals surface area contributed by atoms with E-state index in [1.807, 2.05) is 0 Å². The van der Waals surface area contributed by atoms with Crippen molar-refractivity contribution in [3.05, 3.63) is 33.9 Å². The zero-order chi connectivity index (χ0) is 15.3. The molecular weight excluding hydrogens is 284 g/mol. The molecule has 0 bridgehead atoms. The minimum absolute atomic E-state index is 0.0710. The van der Waals surface area contributed by atoms with Crippen LogP contribution in [0, 0.1) is 10.1 Å². The molecule has 8 heteroatoms. The smallest absolute Gasteiger partial charge is 0.306 e.